The molecule has 0 aromatic carbocycles. The van der Waals surface area contributed by atoms with Crippen molar-refractivity contribution in [1.82, 2.24) is 4.90 Å². The summed E-state index contributed by atoms with van der Waals surface area (Å²) in [4.78, 5) is 24.3. The smallest absolute Gasteiger partial charge is 0.410 e. The molecule has 19 heavy (non-hydrogen) atoms. The number of sulfone groups is 1. The van der Waals surface area contributed by atoms with Crippen molar-refractivity contribution in [2.45, 2.75) is 51.4 Å². The second kappa shape index (κ2) is 5.48. The second-order valence-corrected chi connectivity index (χ2v) is 8.03. The van der Waals surface area contributed by atoms with Crippen molar-refractivity contribution in [1.29, 1.82) is 0 Å². The molecule has 0 bridgehead atoms. The van der Waals surface area contributed by atoms with Crippen LogP contribution in [0.25, 0.3) is 0 Å². The van der Waals surface area contributed by atoms with Gasteiger partial charge in [-0.1, -0.05) is 0 Å². The van der Waals surface area contributed by atoms with Gasteiger partial charge >= 0.3 is 6.09 Å². The average molecular weight is 291 g/mol. The first kappa shape index (κ1) is 15.9. The summed E-state index contributed by atoms with van der Waals surface area (Å²) in [6.45, 7) is 6.99. The zero-order chi connectivity index (χ0) is 14.8. The number of likely N-dealkylation sites (tertiary alicyclic amines) is 1. The first-order chi connectivity index (χ1) is 8.54. The number of hydrogen-bond donors (Lipinski definition) is 0. The van der Waals surface area contributed by atoms with Gasteiger partial charge in [0, 0.05) is 20.0 Å². The van der Waals surface area contributed by atoms with Gasteiger partial charge in [0.2, 0.25) is 15.0 Å². The highest BCUT2D eigenvalue weighted by Gasteiger charge is 2.35. The molecule has 0 aromatic rings. The normalized spacial score (nSPS) is 18.2. The van der Waals surface area contributed by atoms with Crippen LogP contribution in [0.1, 0.15) is 40.5 Å². The molecule has 0 aromatic heterocycles. The molecule has 0 aliphatic carbocycles. The van der Waals surface area contributed by atoms with Gasteiger partial charge in [-0.25, -0.2) is 13.2 Å². The van der Waals surface area contributed by atoms with Crippen molar-refractivity contribution >= 4 is 21.0 Å². The number of carbonyl (C=O) groups is 2. The zero-order valence-corrected chi connectivity index (χ0v) is 12.6. The maximum Gasteiger partial charge on any atom is 0.410 e. The molecule has 0 saturated carbocycles. The second-order valence-electron chi connectivity index (χ2n) is 5.70. The fraction of sp³-hybridized carbons (Fsp3) is 0.833. The molecule has 0 atom stereocenters. The molecule has 1 aliphatic heterocycles. The third-order valence-electron chi connectivity index (χ3n) is 2.93. The van der Waals surface area contributed by atoms with Gasteiger partial charge < -0.3 is 9.64 Å². The minimum atomic E-state index is -3.70. The molecule has 6 nitrogen and oxygen atoms in total. The maximum atomic E-state index is 11.8. The van der Waals surface area contributed by atoms with E-state index in [1.165, 1.54) is 4.90 Å². The van der Waals surface area contributed by atoms with Crippen molar-refractivity contribution in [3.05, 3.63) is 0 Å². The van der Waals surface area contributed by atoms with Crippen LogP contribution in [0.4, 0.5) is 4.79 Å². The van der Waals surface area contributed by atoms with Gasteiger partial charge in [0.05, 0.1) is 5.25 Å². The molecule has 1 saturated heterocycles. The van der Waals surface area contributed by atoms with Gasteiger partial charge in [-0.3, -0.25) is 4.79 Å². The standard InChI is InChI=1S/C12H21NO5S/c1-9(14)19(16,17)10-5-7-13(8-6-10)11(15)18-12(2,3)4/h10H,5-8H2,1-4H3. The van der Waals surface area contributed by atoms with E-state index in [0.29, 0.717) is 13.1 Å². The lowest BCUT2D eigenvalue weighted by Gasteiger charge is -2.32. The van der Waals surface area contributed by atoms with E-state index < -0.39 is 31.9 Å². The molecule has 1 fully saturated rings. The van der Waals surface area contributed by atoms with Crippen LogP contribution in [0.15, 0.2) is 0 Å². The summed E-state index contributed by atoms with van der Waals surface area (Å²) in [6, 6.07) is 0. The lowest BCUT2D eigenvalue weighted by atomic mass is 10.1. The van der Waals surface area contributed by atoms with E-state index in [4.69, 9.17) is 4.74 Å². The highest BCUT2D eigenvalue weighted by molar-refractivity contribution is 8.06. The summed E-state index contributed by atoms with van der Waals surface area (Å²) in [5, 5.41) is -1.48. The quantitative estimate of drug-likeness (QED) is 0.728. The average Bonchev–Trinajstić information content (AvgIpc) is 2.26. The third kappa shape index (κ3) is 4.19. The first-order valence-corrected chi connectivity index (χ1v) is 7.81. The molecule has 0 N–H and O–H groups in total. The number of amides is 1. The van der Waals surface area contributed by atoms with Crippen molar-refractivity contribution in [3.63, 3.8) is 0 Å². The predicted molar refractivity (Wildman–Crippen MR) is 70.4 cm³/mol. The minimum Gasteiger partial charge on any atom is -0.444 e. The number of hydrogen-bond acceptors (Lipinski definition) is 5. The van der Waals surface area contributed by atoms with Crippen molar-refractivity contribution < 1.29 is 22.7 Å². The van der Waals surface area contributed by atoms with Crippen LogP contribution in [0.3, 0.4) is 0 Å². The van der Waals surface area contributed by atoms with Crippen molar-refractivity contribution in [2.75, 3.05) is 13.1 Å². The number of piperidine rings is 1. The summed E-state index contributed by atoms with van der Waals surface area (Å²) >= 11 is 0. The van der Waals surface area contributed by atoms with Crippen LogP contribution in [0.5, 0.6) is 0 Å². The molecule has 7 heteroatoms. The van der Waals surface area contributed by atoms with E-state index in [1.54, 1.807) is 20.8 Å². The number of nitrogens with zero attached hydrogens (tertiary/aromatic N) is 1. The van der Waals surface area contributed by atoms with E-state index in [0.717, 1.165) is 6.92 Å². The Morgan fingerprint density at radius 2 is 1.63 bits per heavy atom. The monoisotopic (exact) mass is 291 g/mol. The van der Waals surface area contributed by atoms with Crippen LogP contribution >= 0.6 is 0 Å². The topological polar surface area (TPSA) is 80.8 Å². The van der Waals surface area contributed by atoms with Gasteiger partial charge in [0.1, 0.15) is 5.60 Å². The lowest BCUT2D eigenvalue weighted by molar-refractivity contribution is -0.110. The number of ether oxygens (including phenoxy) is 1. The summed E-state index contributed by atoms with van der Waals surface area (Å²) in [5.41, 5.74) is -0.570. The molecular formula is C12H21NO5S. The van der Waals surface area contributed by atoms with Crippen molar-refractivity contribution in [2.24, 2.45) is 0 Å². The molecule has 1 aliphatic rings. The Kier molecular flexibility index (Phi) is 4.60. The number of carbonyl (C=O) groups excluding carboxylic acids is 2. The Bertz CT molecular complexity index is 455. The van der Waals surface area contributed by atoms with Gasteiger partial charge in [0.25, 0.3) is 0 Å². The van der Waals surface area contributed by atoms with Gasteiger partial charge in [-0.2, -0.15) is 0 Å². The maximum absolute atomic E-state index is 11.8. The van der Waals surface area contributed by atoms with E-state index in [9.17, 15) is 18.0 Å². The van der Waals surface area contributed by atoms with Crippen LogP contribution < -0.4 is 0 Å². The first-order valence-electron chi connectivity index (χ1n) is 6.26. The van der Waals surface area contributed by atoms with E-state index in [-0.39, 0.29) is 12.8 Å². The Morgan fingerprint density at radius 1 is 1.16 bits per heavy atom. The fourth-order valence-electron chi connectivity index (χ4n) is 1.91. The van der Waals surface area contributed by atoms with Crippen LogP contribution in [-0.2, 0) is 19.4 Å². The van der Waals surface area contributed by atoms with E-state index in [1.807, 2.05) is 0 Å². The molecular weight excluding hydrogens is 270 g/mol. The molecule has 110 valence electrons. The summed E-state index contributed by atoms with van der Waals surface area (Å²) < 4.78 is 28.6. The minimum absolute atomic E-state index is 0.279. The van der Waals surface area contributed by atoms with E-state index >= 15 is 0 Å². The van der Waals surface area contributed by atoms with E-state index in [2.05, 4.69) is 0 Å². The van der Waals surface area contributed by atoms with Crippen LogP contribution in [0.2, 0.25) is 0 Å². The lowest BCUT2D eigenvalue weighted by Crippen LogP contribution is -2.45. The zero-order valence-electron chi connectivity index (χ0n) is 11.8. The Hall–Kier alpha value is -1.11. The highest BCUT2D eigenvalue weighted by Crippen LogP contribution is 2.20. The molecule has 1 heterocycles. The molecule has 1 amide bonds. The largest absolute Gasteiger partial charge is 0.444 e. The molecule has 0 spiro atoms. The summed E-state index contributed by atoms with van der Waals surface area (Å²) in [5.74, 6) is 0. The Balaban J connectivity index is 2.59. The van der Waals surface area contributed by atoms with Crippen LogP contribution in [0, 0.1) is 0 Å². The number of rotatable bonds is 1. The molecule has 1 rings (SSSR count). The van der Waals surface area contributed by atoms with Gasteiger partial charge in [-0.15, -0.1) is 0 Å². The fourth-order valence-corrected chi connectivity index (χ4v) is 3.21. The molecule has 0 radical (unpaired) electrons. The van der Waals surface area contributed by atoms with Gasteiger partial charge in [0.15, 0.2) is 0 Å². The van der Waals surface area contributed by atoms with Crippen LogP contribution in [-0.4, -0.2) is 48.5 Å². The predicted octanol–water partition coefficient (Wildman–Crippen LogP) is 1.35. The third-order valence-corrected chi connectivity index (χ3v) is 5.08. The van der Waals surface area contributed by atoms with Crippen molar-refractivity contribution in [3.8, 4) is 0 Å². The Labute approximate surface area is 114 Å². The summed E-state index contributed by atoms with van der Waals surface area (Å²) in [7, 11) is -3.70. The summed E-state index contributed by atoms with van der Waals surface area (Å²) in [6.07, 6.45) is 0.119. The van der Waals surface area contributed by atoms with Gasteiger partial charge in [-0.05, 0) is 33.6 Å². The molecule has 0 unspecified atom stereocenters. The highest BCUT2D eigenvalue weighted by atomic mass is 32.2. The Morgan fingerprint density at radius 3 is 2.00 bits per heavy atom. The SMILES string of the molecule is CC(=O)S(=O)(=O)C1CCN(C(=O)OC(C)(C)C)CC1.